The van der Waals surface area contributed by atoms with Crippen LogP contribution in [0.15, 0.2) is 42.5 Å². The number of ether oxygens (including phenoxy) is 1. The molecule has 0 bridgehead atoms. The minimum atomic E-state index is -0.315. The summed E-state index contributed by atoms with van der Waals surface area (Å²) in [6.45, 7) is 0. The van der Waals surface area contributed by atoms with Crippen molar-refractivity contribution in [3.8, 4) is 16.9 Å². The Labute approximate surface area is 93.5 Å². The van der Waals surface area contributed by atoms with Crippen LogP contribution in [0.25, 0.3) is 11.1 Å². The molecule has 3 heteroatoms. The van der Waals surface area contributed by atoms with E-state index < -0.39 is 0 Å². The van der Waals surface area contributed by atoms with E-state index in [9.17, 15) is 4.39 Å². The lowest BCUT2D eigenvalue weighted by molar-refractivity contribution is 0.415. The van der Waals surface area contributed by atoms with E-state index in [2.05, 4.69) is 0 Å². The lowest BCUT2D eigenvalue weighted by Gasteiger charge is -2.07. The number of nitrogen functional groups attached to an aromatic ring is 1. The minimum Gasteiger partial charge on any atom is -0.497 e. The number of halogens is 1. The summed E-state index contributed by atoms with van der Waals surface area (Å²) in [6, 6.07) is 11.8. The van der Waals surface area contributed by atoms with Crippen molar-refractivity contribution in [1.29, 1.82) is 0 Å². The van der Waals surface area contributed by atoms with Gasteiger partial charge in [0.15, 0.2) is 0 Å². The number of anilines is 1. The van der Waals surface area contributed by atoms with Crippen LogP contribution >= 0.6 is 0 Å². The highest BCUT2D eigenvalue weighted by Crippen LogP contribution is 2.29. The van der Waals surface area contributed by atoms with Crippen LogP contribution in [-0.2, 0) is 0 Å². The van der Waals surface area contributed by atoms with Gasteiger partial charge in [0.25, 0.3) is 0 Å². The zero-order valence-corrected chi connectivity index (χ0v) is 8.91. The molecule has 0 atom stereocenters. The third-order valence-electron chi connectivity index (χ3n) is 2.42. The molecule has 0 amide bonds. The van der Waals surface area contributed by atoms with Crippen molar-refractivity contribution in [3.05, 3.63) is 48.3 Å². The monoisotopic (exact) mass is 217 g/mol. The number of hydrogen-bond donors (Lipinski definition) is 1. The zero-order chi connectivity index (χ0) is 11.5. The van der Waals surface area contributed by atoms with Gasteiger partial charge in [0.1, 0.15) is 11.6 Å². The van der Waals surface area contributed by atoms with Gasteiger partial charge in [-0.1, -0.05) is 18.2 Å². The summed E-state index contributed by atoms with van der Waals surface area (Å²) < 4.78 is 18.6. The van der Waals surface area contributed by atoms with E-state index in [4.69, 9.17) is 10.5 Å². The van der Waals surface area contributed by atoms with E-state index >= 15 is 0 Å². The normalized spacial score (nSPS) is 10.1. The van der Waals surface area contributed by atoms with Crippen LogP contribution in [0.1, 0.15) is 0 Å². The quantitative estimate of drug-likeness (QED) is 0.784. The van der Waals surface area contributed by atoms with Crippen LogP contribution in [0.2, 0.25) is 0 Å². The van der Waals surface area contributed by atoms with Crippen LogP contribution < -0.4 is 10.5 Å². The van der Waals surface area contributed by atoms with E-state index in [1.807, 2.05) is 0 Å². The van der Waals surface area contributed by atoms with Gasteiger partial charge in [0.2, 0.25) is 0 Å². The van der Waals surface area contributed by atoms with E-state index in [-0.39, 0.29) is 5.82 Å². The third-order valence-corrected chi connectivity index (χ3v) is 2.42. The van der Waals surface area contributed by atoms with E-state index in [0.717, 1.165) is 11.3 Å². The summed E-state index contributed by atoms with van der Waals surface area (Å²) in [6.07, 6.45) is 0. The molecule has 0 unspecified atom stereocenters. The highest BCUT2D eigenvalue weighted by atomic mass is 19.1. The Morgan fingerprint density at radius 3 is 2.31 bits per heavy atom. The first-order valence-corrected chi connectivity index (χ1v) is 4.91. The first-order valence-electron chi connectivity index (χ1n) is 4.91. The van der Waals surface area contributed by atoms with Crippen LogP contribution in [0.5, 0.6) is 5.75 Å². The van der Waals surface area contributed by atoms with Crippen molar-refractivity contribution in [3.63, 3.8) is 0 Å². The van der Waals surface area contributed by atoms with Gasteiger partial charge in [-0.2, -0.15) is 0 Å². The average Bonchev–Trinajstić information content (AvgIpc) is 2.30. The highest BCUT2D eigenvalue weighted by molar-refractivity contribution is 5.77. The smallest absolute Gasteiger partial charge is 0.133 e. The fraction of sp³-hybridized carbons (Fsp3) is 0.0769. The number of rotatable bonds is 2. The minimum absolute atomic E-state index is 0.315. The fourth-order valence-electron chi connectivity index (χ4n) is 1.60. The molecule has 2 aromatic rings. The second-order valence-corrected chi connectivity index (χ2v) is 3.43. The van der Waals surface area contributed by atoms with Crippen molar-refractivity contribution in [2.24, 2.45) is 0 Å². The molecule has 0 saturated heterocycles. The summed E-state index contributed by atoms with van der Waals surface area (Å²) in [4.78, 5) is 0. The summed E-state index contributed by atoms with van der Waals surface area (Å²) in [7, 11) is 1.59. The van der Waals surface area contributed by atoms with Gasteiger partial charge in [0, 0.05) is 11.3 Å². The number of hydrogen-bond acceptors (Lipinski definition) is 2. The van der Waals surface area contributed by atoms with E-state index in [1.54, 1.807) is 43.5 Å². The highest BCUT2D eigenvalue weighted by Gasteiger charge is 2.08. The summed E-state index contributed by atoms with van der Waals surface area (Å²) >= 11 is 0. The van der Waals surface area contributed by atoms with E-state index in [0.29, 0.717) is 11.3 Å². The first-order chi connectivity index (χ1) is 7.72. The topological polar surface area (TPSA) is 35.2 Å². The molecule has 2 rings (SSSR count). The molecule has 0 aliphatic rings. The average molecular weight is 217 g/mol. The Morgan fingerprint density at radius 1 is 1.06 bits per heavy atom. The van der Waals surface area contributed by atoms with Crippen molar-refractivity contribution < 1.29 is 9.13 Å². The second-order valence-electron chi connectivity index (χ2n) is 3.43. The molecule has 0 heterocycles. The molecule has 0 radical (unpaired) electrons. The van der Waals surface area contributed by atoms with Gasteiger partial charge in [-0.25, -0.2) is 4.39 Å². The standard InChI is InChI=1S/C13H12FNO/c1-16-10-7-5-9(6-8-10)13-11(14)3-2-4-12(13)15/h2-8H,15H2,1H3. The first kappa shape index (κ1) is 10.5. The Morgan fingerprint density at radius 2 is 1.75 bits per heavy atom. The Bertz CT molecular complexity index is 474. The van der Waals surface area contributed by atoms with Gasteiger partial charge in [0.05, 0.1) is 7.11 Å². The Hall–Kier alpha value is -2.03. The molecular formula is C13H12FNO. The molecular weight excluding hydrogens is 205 g/mol. The SMILES string of the molecule is COc1ccc(-c2c(N)cccc2F)cc1. The van der Waals surface area contributed by atoms with Gasteiger partial charge in [-0.3, -0.25) is 0 Å². The molecule has 0 fully saturated rings. The van der Waals surface area contributed by atoms with Crippen LogP contribution in [-0.4, -0.2) is 7.11 Å². The Balaban J connectivity index is 2.50. The molecule has 2 N–H and O–H groups in total. The maximum absolute atomic E-state index is 13.6. The van der Waals surface area contributed by atoms with Gasteiger partial charge in [-0.05, 0) is 29.8 Å². The third kappa shape index (κ3) is 1.84. The van der Waals surface area contributed by atoms with Gasteiger partial charge in [-0.15, -0.1) is 0 Å². The maximum atomic E-state index is 13.6. The Kier molecular flexibility index (Phi) is 2.77. The fourth-order valence-corrected chi connectivity index (χ4v) is 1.60. The number of methoxy groups -OCH3 is 1. The lowest BCUT2D eigenvalue weighted by Crippen LogP contribution is -1.93. The molecule has 16 heavy (non-hydrogen) atoms. The molecule has 82 valence electrons. The molecule has 0 aromatic heterocycles. The predicted molar refractivity (Wildman–Crippen MR) is 62.8 cm³/mol. The van der Waals surface area contributed by atoms with Crippen molar-refractivity contribution in [1.82, 2.24) is 0 Å². The maximum Gasteiger partial charge on any atom is 0.133 e. The number of nitrogens with two attached hydrogens (primary N) is 1. The van der Waals surface area contributed by atoms with Crippen LogP contribution in [0.4, 0.5) is 10.1 Å². The summed E-state index contributed by atoms with van der Waals surface area (Å²) in [5.41, 5.74) is 7.37. The van der Waals surface area contributed by atoms with Crippen LogP contribution in [0.3, 0.4) is 0 Å². The van der Waals surface area contributed by atoms with Crippen molar-refractivity contribution in [2.45, 2.75) is 0 Å². The second kappa shape index (κ2) is 4.23. The molecule has 0 aliphatic carbocycles. The molecule has 0 aliphatic heterocycles. The molecule has 2 nitrogen and oxygen atoms in total. The molecule has 0 saturated carbocycles. The number of benzene rings is 2. The lowest BCUT2D eigenvalue weighted by atomic mass is 10.0. The molecule has 2 aromatic carbocycles. The molecule has 0 spiro atoms. The van der Waals surface area contributed by atoms with Crippen molar-refractivity contribution in [2.75, 3.05) is 12.8 Å². The van der Waals surface area contributed by atoms with E-state index in [1.165, 1.54) is 6.07 Å². The van der Waals surface area contributed by atoms with Crippen molar-refractivity contribution >= 4 is 5.69 Å². The summed E-state index contributed by atoms with van der Waals surface area (Å²) in [5, 5.41) is 0. The summed E-state index contributed by atoms with van der Waals surface area (Å²) in [5.74, 6) is 0.420. The van der Waals surface area contributed by atoms with Gasteiger partial charge < -0.3 is 10.5 Å². The largest absolute Gasteiger partial charge is 0.497 e. The predicted octanol–water partition coefficient (Wildman–Crippen LogP) is 3.08. The zero-order valence-electron chi connectivity index (χ0n) is 8.91. The van der Waals surface area contributed by atoms with Gasteiger partial charge >= 0.3 is 0 Å². The van der Waals surface area contributed by atoms with Crippen LogP contribution in [0, 0.1) is 5.82 Å².